The average molecular weight is 223 g/mol. The van der Waals surface area contributed by atoms with E-state index in [9.17, 15) is 4.79 Å². The fourth-order valence-corrected chi connectivity index (χ4v) is 1.07. The van der Waals surface area contributed by atoms with Crippen LogP contribution in [0.4, 0.5) is 5.69 Å². The lowest BCUT2D eigenvalue weighted by atomic mass is 10.1. The van der Waals surface area contributed by atoms with E-state index in [1.54, 1.807) is 13.2 Å². The molecule has 0 bridgehead atoms. The molecule has 0 aliphatic carbocycles. The van der Waals surface area contributed by atoms with Gasteiger partial charge in [-0.05, 0) is 19.9 Å². The van der Waals surface area contributed by atoms with E-state index in [4.69, 9.17) is 10.5 Å². The molecule has 5 nitrogen and oxygen atoms in total. The number of nitrogen functional groups attached to an aromatic ring is 1. The number of ether oxygens (including phenoxy) is 1. The molecule has 5 heteroatoms. The van der Waals surface area contributed by atoms with Crippen LogP contribution in [0.2, 0.25) is 0 Å². The second kappa shape index (κ2) is 4.94. The van der Waals surface area contributed by atoms with Crippen LogP contribution >= 0.6 is 0 Å². The topological polar surface area (TPSA) is 77.2 Å². The molecule has 0 unspecified atom stereocenters. The monoisotopic (exact) mass is 223 g/mol. The van der Waals surface area contributed by atoms with Gasteiger partial charge in [0.2, 0.25) is 0 Å². The molecule has 1 aromatic heterocycles. The van der Waals surface area contributed by atoms with E-state index in [-0.39, 0.29) is 5.91 Å². The highest BCUT2D eigenvalue weighted by molar-refractivity contribution is 5.98. The van der Waals surface area contributed by atoms with Crippen LogP contribution in [0, 0.1) is 0 Å². The number of nitrogens with zero attached hydrogens (tertiary/aromatic N) is 1. The van der Waals surface area contributed by atoms with Crippen LogP contribution in [-0.2, 0) is 4.74 Å². The molecule has 3 N–H and O–H groups in total. The number of hydrogen-bond donors (Lipinski definition) is 2. The summed E-state index contributed by atoms with van der Waals surface area (Å²) in [5.74, 6) is -0.218. The zero-order valence-electron chi connectivity index (χ0n) is 9.78. The average Bonchev–Trinajstić information content (AvgIpc) is 2.27. The van der Waals surface area contributed by atoms with Crippen molar-refractivity contribution in [2.45, 2.75) is 19.4 Å². The fraction of sp³-hybridized carbons (Fsp3) is 0.455. The Hall–Kier alpha value is -1.62. The van der Waals surface area contributed by atoms with Gasteiger partial charge in [-0.1, -0.05) is 0 Å². The number of nitrogens with one attached hydrogen (secondary N) is 1. The third-order valence-corrected chi connectivity index (χ3v) is 2.32. The van der Waals surface area contributed by atoms with Gasteiger partial charge in [-0.2, -0.15) is 0 Å². The molecule has 16 heavy (non-hydrogen) atoms. The lowest BCUT2D eigenvalue weighted by Crippen LogP contribution is -2.39. The Balaban J connectivity index is 2.64. The third kappa shape index (κ3) is 3.20. The maximum Gasteiger partial charge on any atom is 0.253 e. The zero-order chi connectivity index (χ0) is 12.2. The first-order valence-electron chi connectivity index (χ1n) is 4.99. The third-order valence-electron chi connectivity index (χ3n) is 2.32. The first-order valence-corrected chi connectivity index (χ1v) is 4.99. The van der Waals surface area contributed by atoms with Crippen molar-refractivity contribution in [3.8, 4) is 0 Å². The highest BCUT2D eigenvalue weighted by atomic mass is 16.5. The van der Waals surface area contributed by atoms with E-state index < -0.39 is 5.60 Å². The number of carbonyl (C=O) groups excluding carboxylic acids is 1. The Kier molecular flexibility index (Phi) is 3.84. The summed E-state index contributed by atoms with van der Waals surface area (Å²) in [6.45, 7) is 4.20. The molecule has 0 saturated carbocycles. The number of hydrogen-bond acceptors (Lipinski definition) is 4. The van der Waals surface area contributed by atoms with Crippen molar-refractivity contribution in [2.75, 3.05) is 19.4 Å². The summed E-state index contributed by atoms with van der Waals surface area (Å²) in [6.07, 6.45) is 2.99. The van der Waals surface area contributed by atoms with Crippen LogP contribution in [0.25, 0.3) is 0 Å². The van der Waals surface area contributed by atoms with E-state index in [2.05, 4.69) is 10.3 Å². The van der Waals surface area contributed by atoms with Gasteiger partial charge in [0, 0.05) is 19.9 Å². The minimum absolute atomic E-state index is 0.218. The minimum atomic E-state index is -0.391. The predicted octanol–water partition coefficient (Wildman–Crippen LogP) is 0.819. The molecule has 0 aliphatic rings. The van der Waals surface area contributed by atoms with Gasteiger partial charge in [0.1, 0.15) is 0 Å². The standard InChI is InChI=1S/C11H17N3O2/c1-11(2,16-3)7-14-10(15)8-4-5-13-6-9(8)12/h4-6H,7,12H2,1-3H3,(H,14,15). The Labute approximate surface area is 95.0 Å². The second-order valence-electron chi connectivity index (χ2n) is 4.11. The highest BCUT2D eigenvalue weighted by Crippen LogP contribution is 2.09. The van der Waals surface area contributed by atoms with Crippen LogP contribution in [0.3, 0.4) is 0 Å². The summed E-state index contributed by atoms with van der Waals surface area (Å²) in [4.78, 5) is 15.6. The van der Waals surface area contributed by atoms with Crippen molar-refractivity contribution in [2.24, 2.45) is 0 Å². The number of amides is 1. The second-order valence-corrected chi connectivity index (χ2v) is 4.11. The maximum absolute atomic E-state index is 11.8. The Morgan fingerprint density at radius 2 is 2.31 bits per heavy atom. The molecule has 0 aliphatic heterocycles. The number of pyridine rings is 1. The molecule has 0 spiro atoms. The molecule has 1 aromatic rings. The van der Waals surface area contributed by atoms with Crippen LogP contribution < -0.4 is 11.1 Å². The molecule has 88 valence electrons. The van der Waals surface area contributed by atoms with Crippen molar-refractivity contribution in [1.29, 1.82) is 0 Å². The normalized spacial score (nSPS) is 11.2. The Bertz CT molecular complexity index is 377. The van der Waals surface area contributed by atoms with Gasteiger partial charge in [0.25, 0.3) is 5.91 Å². The molecule has 0 aromatic carbocycles. The number of anilines is 1. The number of carbonyl (C=O) groups is 1. The van der Waals surface area contributed by atoms with Gasteiger partial charge >= 0.3 is 0 Å². The van der Waals surface area contributed by atoms with E-state index in [0.717, 1.165) is 0 Å². The summed E-state index contributed by atoms with van der Waals surface area (Å²) in [7, 11) is 1.60. The predicted molar refractivity (Wildman–Crippen MR) is 62.1 cm³/mol. The SMILES string of the molecule is COC(C)(C)CNC(=O)c1ccncc1N. The molecule has 0 radical (unpaired) electrons. The first kappa shape index (κ1) is 12.4. The molecule has 1 rings (SSSR count). The van der Waals surface area contributed by atoms with Gasteiger partial charge in [-0.15, -0.1) is 0 Å². The number of aromatic nitrogens is 1. The summed E-state index contributed by atoms with van der Waals surface area (Å²) < 4.78 is 5.20. The van der Waals surface area contributed by atoms with Crippen molar-refractivity contribution in [3.05, 3.63) is 24.0 Å². The summed E-state index contributed by atoms with van der Waals surface area (Å²) in [6, 6.07) is 1.59. The lowest BCUT2D eigenvalue weighted by Gasteiger charge is -2.23. The van der Waals surface area contributed by atoms with E-state index in [1.165, 1.54) is 12.4 Å². The number of nitrogens with two attached hydrogens (primary N) is 1. The molecule has 1 amide bonds. The molecule has 1 heterocycles. The van der Waals surface area contributed by atoms with Crippen LogP contribution in [0.15, 0.2) is 18.5 Å². The molecular formula is C11H17N3O2. The van der Waals surface area contributed by atoms with Gasteiger partial charge in [0.05, 0.1) is 23.0 Å². The van der Waals surface area contributed by atoms with Gasteiger partial charge in [-0.25, -0.2) is 0 Å². The minimum Gasteiger partial charge on any atom is -0.397 e. The van der Waals surface area contributed by atoms with E-state index >= 15 is 0 Å². The van der Waals surface area contributed by atoms with Crippen molar-refractivity contribution >= 4 is 11.6 Å². The van der Waals surface area contributed by atoms with Crippen LogP contribution in [-0.4, -0.2) is 30.1 Å². The van der Waals surface area contributed by atoms with Crippen molar-refractivity contribution < 1.29 is 9.53 Å². The fourth-order valence-electron chi connectivity index (χ4n) is 1.07. The van der Waals surface area contributed by atoms with E-state index in [0.29, 0.717) is 17.8 Å². The number of rotatable bonds is 4. The molecule has 0 atom stereocenters. The lowest BCUT2D eigenvalue weighted by molar-refractivity contribution is 0.0229. The maximum atomic E-state index is 11.8. The quantitative estimate of drug-likeness (QED) is 0.792. The van der Waals surface area contributed by atoms with Gasteiger partial charge in [-0.3, -0.25) is 9.78 Å². The number of methoxy groups -OCH3 is 1. The first-order chi connectivity index (χ1) is 7.46. The summed E-state index contributed by atoms with van der Waals surface area (Å²) >= 11 is 0. The smallest absolute Gasteiger partial charge is 0.253 e. The van der Waals surface area contributed by atoms with E-state index in [1.807, 2.05) is 13.8 Å². The van der Waals surface area contributed by atoms with Gasteiger partial charge in [0.15, 0.2) is 0 Å². The molecule has 0 saturated heterocycles. The largest absolute Gasteiger partial charge is 0.397 e. The van der Waals surface area contributed by atoms with Crippen LogP contribution in [0.5, 0.6) is 0 Å². The Morgan fingerprint density at radius 3 is 2.88 bits per heavy atom. The van der Waals surface area contributed by atoms with Crippen LogP contribution in [0.1, 0.15) is 24.2 Å². The summed E-state index contributed by atoms with van der Waals surface area (Å²) in [5.41, 5.74) is 6.05. The Morgan fingerprint density at radius 1 is 1.62 bits per heavy atom. The van der Waals surface area contributed by atoms with Crippen molar-refractivity contribution in [1.82, 2.24) is 10.3 Å². The molecular weight excluding hydrogens is 206 g/mol. The zero-order valence-corrected chi connectivity index (χ0v) is 9.78. The van der Waals surface area contributed by atoms with Crippen molar-refractivity contribution in [3.63, 3.8) is 0 Å². The van der Waals surface area contributed by atoms with Gasteiger partial charge < -0.3 is 15.8 Å². The molecule has 0 fully saturated rings. The highest BCUT2D eigenvalue weighted by Gasteiger charge is 2.18. The summed E-state index contributed by atoms with van der Waals surface area (Å²) in [5, 5.41) is 2.76.